The number of hydrogen-bond donors (Lipinski definition) is 1. The lowest BCUT2D eigenvalue weighted by Gasteiger charge is -2.29. The molecule has 0 aromatic heterocycles. The van der Waals surface area contributed by atoms with Gasteiger partial charge in [0.05, 0.1) is 0 Å². The molecule has 1 heteroatoms. The largest absolute Gasteiger partial charge is 0.396 e. The van der Waals surface area contributed by atoms with Crippen LogP contribution >= 0.6 is 0 Å². The monoisotopic (exact) mass is 184 g/mol. The first-order valence-electron chi connectivity index (χ1n) is 5.65. The van der Waals surface area contributed by atoms with Crippen molar-refractivity contribution in [3.05, 3.63) is 0 Å². The van der Waals surface area contributed by atoms with Crippen LogP contribution in [0.25, 0.3) is 0 Å². The fourth-order valence-electron chi connectivity index (χ4n) is 2.43. The number of aliphatic hydroxyl groups is 1. The molecule has 0 amide bonds. The Hall–Kier alpha value is -0.0400. The second-order valence-electron chi connectivity index (χ2n) is 5.62. The minimum atomic E-state index is 0.400. The molecule has 1 aliphatic carbocycles. The standard InChI is InChI=1S/C12H24O/c1-12(2,3)11-6-4-5-10(9-13)7-8-11/h10-11,13H,4-9H2,1-3H3. The highest BCUT2D eigenvalue weighted by Gasteiger charge is 2.27. The Labute approximate surface area is 82.5 Å². The van der Waals surface area contributed by atoms with Gasteiger partial charge < -0.3 is 5.11 Å². The lowest BCUT2D eigenvalue weighted by Crippen LogP contribution is -2.19. The second-order valence-corrected chi connectivity index (χ2v) is 5.62. The van der Waals surface area contributed by atoms with E-state index in [-0.39, 0.29) is 0 Å². The lowest BCUT2D eigenvalue weighted by molar-refractivity contribution is 0.193. The highest BCUT2D eigenvalue weighted by molar-refractivity contribution is 4.78. The molecule has 0 heterocycles. The van der Waals surface area contributed by atoms with Gasteiger partial charge >= 0.3 is 0 Å². The summed E-state index contributed by atoms with van der Waals surface area (Å²) >= 11 is 0. The maximum Gasteiger partial charge on any atom is 0.0459 e. The van der Waals surface area contributed by atoms with Crippen molar-refractivity contribution in [2.75, 3.05) is 6.61 Å². The maximum atomic E-state index is 9.11. The molecule has 0 saturated heterocycles. The fraction of sp³-hybridized carbons (Fsp3) is 1.00. The zero-order valence-corrected chi connectivity index (χ0v) is 9.34. The van der Waals surface area contributed by atoms with Gasteiger partial charge in [0, 0.05) is 6.61 Å². The zero-order chi connectivity index (χ0) is 9.90. The summed E-state index contributed by atoms with van der Waals surface area (Å²) in [6.07, 6.45) is 6.46. The lowest BCUT2D eigenvalue weighted by atomic mass is 9.76. The first-order chi connectivity index (χ1) is 6.04. The average Bonchev–Trinajstić information content (AvgIpc) is 2.26. The second kappa shape index (κ2) is 4.45. The van der Waals surface area contributed by atoms with Crippen molar-refractivity contribution in [2.45, 2.75) is 52.9 Å². The van der Waals surface area contributed by atoms with Crippen LogP contribution in [0.3, 0.4) is 0 Å². The van der Waals surface area contributed by atoms with E-state index in [0.29, 0.717) is 17.9 Å². The van der Waals surface area contributed by atoms with Crippen LogP contribution in [0, 0.1) is 17.3 Å². The van der Waals surface area contributed by atoms with E-state index in [0.717, 1.165) is 5.92 Å². The summed E-state index contributed by atoms with van der Waals surface area (Å²) in [5.41, 5.74) is 0.463. The van der Waals surface area contributed by atoms with Crippen molar-refractivity contribution >= 4 is 0 Å². The molecule has 0 aliphatic heterocycles. The summed E-state index contributed by atoms with van der Waals surface area (Å²) in [4.78, 5) is 0. The van der Waals surface area contributed by atoms with Gasteiger partial charge in [-0.1, -0.05) is 27.2 Å². The predicted octanol–water partition coefficient (Wildman–Crippen LogP) is 3.22. The molecule has 2 unspecified atom stereocenters. The Morgan fingerprint density at radius 2 is 1.77 bits per heavy atom. The van der Waals surface area contributed by atoms with Crippen LogP contribution in [0.4, 0.5) is 0 Å². The molecule has 1 N–H and O–H groups in total. The van der Waals surface area contributed by atoms with Crippen LogP contribution in [-0.2, 0) is 0 Å². The van der Waals surface area contributed by atoms with Crippen molar-refractivity contribution in [1.82, 2.24) is 0 Å². The maximum absolute atomic E-state index is 9.11. The fourth-order valence-corrected chi connectivity index (χ4v) is 2.43. The predicted molar refractivity (Wildman–Crippen MR) is 56.6 cm³/mol. The molecular weight excluding hydrogens is 160 g/mol. The van der Waals surface area contributed by atoms with Gasteiger partial charge in [0.2, 0.25) is 0 Å². The SMILES string of the molecule is CC(C)(C)C1CCCC(CO)CC1. The summed E-state index contributed by atoms with van der Waals surface area (Å²) in [6.45, 7) is 7.43. The van der Waals surface area contributed by atoms with Crippen LogP contribution in [0.2, 0.25) is 0 Å². The van der Waals surface area contributed by atoms with E-state index < -0.39 is 0 Å². The van der Waals surface area contributed by atoms with Gasteiger partial charge in [-0.2, -0.15) is 0 Å². The highest BCUT2D eigenvalue weighted by Crippen LogP contribution is 2.38. The summed E-state index contributed by atoms with van der Waals surface area (Å²) in [5, 5.41) is 9.11. The Balaban J connectivity index is 2.45. The smallest absolute Gasteiger partial charge is 0.0459 e. The molecule has 1 aliphatic rings. The highest BCUT2D eigenvalue weighted by atomic mass is 16.3. The minimum Gasteiger partial charge on any atom is -0.396 e. The van der Waals surface area contributed by atoms with Crippen LogP contribution < -0.4 is 0 Å². The van der Waals surface area contributed by atoms with E-state index in [1.165, 1.54) is 32.1 Å². The van der Waals surface area contributed by atoms with Gasteiger partial charge in [-0.15, -0.1) is 0 Å². The van der Waals surface area contributed by atoms with E-state index in [4.69, 9.17) is 5.11 Å². The van der Waals surface area contributed by atoms with E-state index in [1.54, 1.807) is 0 Å². The molecule has 1 saturated carbocycles. The van der Waals surface area contributed by atoms with Crippen molar-refractivity contribution < 1.29 is 5.11 Å². The summed E-state index contributed by atoms with van der Waals surface area (Å²) < 4.78 is 0. The van der Waals surface area contributed by atoms with Crippen molar-refractivity contribution in [3.8, 4) is 0 Å². The first-order valence-corrected chi connectivity index (χ1v) is 5.65. The van der Waals surface area contributed by atoms with Crippen LogP contribution in [0.5, 0.6) is 0 Å². The van der Waals surface area contributed by atoms with Gasteiger partial charge in [0.15, 0.2) is 0 Å². The van der Waals surface area contributed by atoms with Crippen molar-refractivity contribution in [3.63, 3.8) is 0 Å². The van der Waals surface area contributed by atoms with Gasteiger partial charge in [-0.25, -0.2) is 0 Å². The van der Waals surface area contributed by atoms with Crippen molar-refractivity contribution in [2.24, 2.45) is 17.3 Å². The molecule has 78 valence electrons. The number of aliphatic hydroxyl groups excluding tert-OH is 1. The molecule has 0 aromatic rings. The summed E-state index contributed by atoms with van der Waals surface area (Å²) in [6, 6.07) is 0. The third-order valence-corrected chi connectivity index (χ3v) is 3.57. The first kappa shape index (κ1) is 11.0. The third-order valence-electron chi connectivity index (χ3n) is 3.57. The summed E-state index contributed by atoms with van der Waals surface area (Å²) in [7, 11) is 0. The van der Waals surface area contributed by atoms with Crippen LogP contribution in [0.15, 0.2) is 0 Å². The average molecular weight is 184 g/mol. The van der Waals surface area contributed by atoms with Crippen molar-refractivity contribution in [1.29, 1.82) is 0 Å². The van der Waals surface area contributed by atoms with E-state index in [1.807, 2.05) is 0 Å². The normalized spacial score (nSPS) is 31.4. The minimum absolute atomic E-state index is 0.400. The third kappa shape index (κ3) is 3.30. The zero-order valence-electron chi connectivity index (χ0n) is 9.34. The Kier molecular flexibility index (Phi) is 3.78. The van der Waals surface area contributed by atoms with Gasteiger partial charge in [-0.3, -0.25) is 0 Å². The topological polar surface area (TPSA) is 20.2 Å². The molecule has 0 bridgehead atoms. The molecule has 1 fully saturated rings. The van der Waals surface area contributed by atoms with E-state index in [2.05, 4.69) is 20.8 Å². The molecule has 13 heavy (non-hydrogen) atoms. The molecular formula is C12H24O. The Morgan fingerprint density at radius 3 is 2.31 bits per heavy atom. The molecule has 1 nitrogen and oxygen atoms in total. The van der Waals surface area contributed by atoms with Gasteiger partial charge in [0.25, 0.3) is 0 Å². The van der Waals surface area contributed by atoms with Gasteiger partial charge in [-0.05, 0) is 42.9 Å². The summed E-state index contributed by atoms with van der Waals surface area (Å²) in [5.74, 6) is 1.45. The molecule has 2 atom stereocenters. The van der Waals surface area contributed by atoms with E-state index in [9.17, 15) is 0 Å². The van der Waals surface area contributed by atoms with Crippen LogP contribution in [0.1, 0.15) is 52.9 Å². The molecule has 0 radical (unpaired) electrons. The number of hydrogen-bond acceptors (Lipinski definition) is 1. The molecule has 0 spiro atoms. The quantitative estimate of drug-likeness (QED) is 0.620. The van der Waals surface area contributed by atoms with E-state index >= 15 is 0 Å². The Morgan fingerprint density at radius 1 is 1.08 bits per heavy atom. The number of rotatable bonds is 1. The molecule has 1 rings (SSSR count). The Bertz CT molecular complexity index is 146. The van der Waals surface area contributed by atoms with Gasteiger partial charge in [0.1, 0.15) is 0 Å². The van der Waals surface area contributed by atoms with Crippen LogP contribution in [-0.4, -0.2) is 11.7 Å². The molecule has 0 aromatic carbocycles.